The summed E-state index contributed by atoms with van der Waals surface area (Å²) in [5.41, 5.74) is 3.38. The molecule has 1 N–H and O–H groups in total. The highest BCUT2D eigenvalue weighted by atomic mass is 32.2. The van der Waals surface area contributed by atoms with Gasteiger partial charge in [0.2, 0.25) is 0 Å². The maximum absolute atomic E-state index is 9.58. The number of benzene rings is 3. The van der Waals surface area contributed by atoms with E-state index < -0.39 is 0 Å². The van der Waals surface area contributed by atoms with Gasteiger partial charge in [0, 0.05) is 11.3 Å². The molecule has 1 heterocycles. The largest absolute Gasteiger partial charge is 0.508 e. The van der Waals surface area contributed by atoms with Gasteiger partial charge in [-0.05, 0) is 35.4 Å². The van der Waals surface area contributed by atoms with Gasteiger partial charge in [-0.2, -0.15) is 0 Å². The fourth-order valence-electron chi connectivity index (χ4n) is 2.85. The minimum atomic E-state index is 0.242. The molecule has 3 aromatic carbocycles. The molecule has 0 aliphatic heterocycles. The van der Waals surface area contributed by atoms with Crippen molar-refractivity contribution in [2.24, 2.45) is 0 Å². The Balaban J connectivity index is 1.66. The maximum Gasteiger partial charge on any atom is 0.192 e. The second-order valence-corrected chi connectivity index (χ2v) is 7.14. The molecule has 0 aliphatic carbocycles. The Labute approximate surface area is 162 Å². The molecule has 134 valence electrons. The lowest BCUT2D eigenvalue weighted by molar-refractivity contribution is 0.475. The fourth-order valence-corrected chi connectivity index (χ4v) is 3.74. The average molecular weight is 373 g/mol. The molecule has 0 atom stereocenters. The van der Waals surface area contributed by atoms with Crippen LogP contribution in [0.4, 0.5) is 0 Å². The van der Waals surface area contributed by atoms with Crippen LogP contribution < -0.4 is 0 Å². The average Bonchev–Trinajstić information content (AvgIpc) is 3.11. The Morgan fingerprint density at radius 1 is 0.741 bits per heavy atom. The number of phenols is 1. The van der Waals surface area contributed by atoms with Crippen LogP contribution in [-0.2, 0) is 12.3 Å². The van der Waals surface area contributed by atoms with Gasteiger partial charge in [-0.25, -0.2) is 0 Å². The summed E-state index contributed by atoms with van der Waals surface area (Å²) >= 11 is 1.68. The molecule has 1 aromatic heterocycles. The second-order valence-electron chi connectivity index (χ2n) is 6.20. The number of phenolic OH excluding ortho intramolecular Hbond substituents is 1. The van der Waals surface area contributed by atoms with Crippen LogP contribution in [0.3, 0.4) is 0 Å². The van der Waals surface area contributed by atoms with E-state index in [0.29, 0.717) is 6.54 Å². The Bertz CT molecular complexity index is 999. The Hall–Kier alpha value is -3.05. The number of aromatic hydroxyl groups is 1. The summed E-state index contributed by atoms with van der Waals surface area (Å²) in [6, 6.07) is 27.7. The van der Waals surface area contributed by atoms with Crippen LogP contribution in [0, 0.1) is 0 Å². The SMILES string of the molecule is Oc1ccc(-c2nnc(SCc3ccccc3)n2Cc2ccccc2)cc1. The smallest absolute Gasteiger partial charge is 0.192 e. The van der Waals surface area contributed by atoms with Crippen LogP contribution >= 0.6 is 11.8 Å². The third kappa shape index (κ3) is 4.20. The highest BCUT2D eigenvalue weighted by Gasteiger charge is 2.15. The van der Waals surface area contributed by atoms with Gasteiger partial charge in [0.15, 0.2) is 11.0 Å². The van der Waals surface area contributed by atoms with E-state index in [4.69, 9.17) is 0 Å². The van der Waals surface area contributed by atoms with E-state index in [0.717, 1.165) is 22.3 Å². The van der Waals surface area contributed by atoms with Crippen LogP contribution in [-0.4, -0.2) is 19.9 Å². The van der Waals surface area contributed by atoms with Crippen LogP contribution in [0.25, 0.3) is 11.4 Å². The van der Waals surface area contributed by atoms with E-state index >= 15 is 0 Å². The van der Waals surface area contributed by atoms with E-state index in [1.165, 1.54) is 11.1 Å². The zero-order valence-electron chi connectivity index (χ0n) is 14.7. The van der Waals surface area contributed by atoms with Gasteiger partial charge in [-0.15, -0.1) is 10.2 Å². The summed E-state index contributed by atoms with van der Waals surface area (Å²) in [4.78, 5) is 0. The number of nitrogens with zero attached hydrogens (tertiary/aromatic N) is 3. The van der Waals surface area contributed by atoms with Crippen molar-refractivity contribution in [3.05, 3.63) is 96.1 Å². The maximum atomic E-state index is 9.58. The van der Waals surface area contributed by atoms with Crippen LogP contribution in [0.1, 0.15) is 11.1 Å². The first-order valence-electron chi connectivity index (χ1n) is 8.73. The molecular weight excluding hydrogens is 354 g/mol. The summed E-state index contributed by atoms with van der Waals surface area (Å²) in [6.07, 6.45) is 0. The van der Waals surface area contributed by atoms with Crippen LogP contribution in [0.15, 0.2) is 90.1 Å². The standard InChI is InChI=1S/C22H19N3OS/c26-20-13-11-19(12-14-20)21-23-24-22(27-16-18-9-5-2-6-10-18)25(21)15-17-7-3-1-4-8-17/h1-14,26H,15-16H2. The molecule has 0 amide bonds. The van der Waals surface area contributed by atoms with Crippen molar-refractivity contribution in [2.75, 3.05) is 0 Å². The Morgan fingerprint density at radius 2 is 1.37 bits per heavy atom. The first kappa shape index (κ1) is 17.4. The van der Waals surface area contributed by atoms with Gasteiger partial charge in [-0.1, -0.05) is 72.4 Å². The van der Waals surface area contributed by atoms with Gasteiger partial charge in [0.1, 0.15) is 5.75 Å². The fraction of sp³-hybridized carbons (Fsp3) is 0.0909. The first-order chi connectivity index (χ1) is 13.3. The van der Waals surface area contributed by atoms with Crippen LogP contribution in [0.2, 0.25) is 0 Å². The quantitative estimate of drug-likeness (QED) is 0.484. The van der Waals surface area contributed by atoms with Gasteiger partial charge in [0.05, 0.1) is 6.54 Å². The third-order valence-corrected chi connectivity index (χ3v) is 5.27. The lowest BCUT2D eigenvalue weighted by Gasteiger charge is -2.11. The molecule has 0 saturated heterocycles. The minimum absolute atomic E-state index is 0.242. The monoisotopic (exact) mass is 373 g/mol. The van der Waals surface area contributed by atoms with E-state index in [9.17, 15) is 5.11 Å². The zero-order chi connectivity index (χ0) is 18.5. The molecule has 0 bridgehead atoms. The minimum Gasteiger partial charge on any atom is -0.508 e. The molecule has 0 fully saturated rings. The lowest BCUT2D eigenvalue weighted by atomic mass is 10.2. The predicted molar refractivity (Wildman–Crippen MR) is 109 cm³/mol. The summed E-state index contributed by atoms with van der Waals surface area (Å²) in [5, 5.41) is 19.3. The molecule has 0 saturated carbocycles. The first-order valence-corrected chi connectivity index (χ1v) is 9.71. The molecule has 4 aromatic rings. The van der Waals surface area contributed by atoms with E-state index in [2.05, 4.69) is 39.0 Å². The van der Waals surface area contributed by atoms with Crippen molar-refractivity contribution in [3.63, 3.8) is 0 Å². The summed E-state index contributed by atoms with van der Waals surface area (Å²) in [5.74, 6) is 1.88. The number of aromatic nitrogens is 3. The third-order valence-electron chi connectivity index (χ3n) is 4.24. The van der Waals surface area contributed by atoms with Crippen molar-refractivity contribution in [2.45, 2.75) is 17.5 Å². The van der Waals surface area contributed by atoms with Gasteiger partial charge in [0.25, 0.3) is 0 Å². The molecule has 4 nitrogen and oxygen atoms in total. The molecule has 0 radical (unpaired) electrons. The highest BCUT2D eigenvalue weighted by Crippen LogP contribution is 2.28. The van der Waals surface area contributed by atoms with Crippen molar-refractivity contribution < 1.29 is 5.11 Å². The van der Waals surface area contributed by atoms with Crippen molar-refractivity contribution in [1.82, 2.24) is 14.8 Å². The summed E-state index contributed by atoms with van der Waals surface area (Å²) in [6.45, 7) is 0.696. The van der Waals surface area contributed by atoms with Gasteiger partial charge in [-0.3, -0.25) is 4.57 Å². The van der Waals surface area contributed by atoms with Gasteiger partial charge < -0.3 is 5.11 Å². The molecule has 5 heteroatoms. The number of rotatable bonds is 6. The summed E-state index contributed by atoms with van der Waals surface area (Å²) < 4.78 is 2.13. The van der Waals surface area contributed by atoms with E-state index in [-0.39, 0.29) is 5.75 Å². The van der Waals surface area contributed by atoms with Crippen molar-refractivity contribution >= 4 is 11.8 Å². The van der Waals surface area contributed by atoms with Crippen molar-refractivity contribution in [3.8, 4) is 17.1 Å². The molecule has 0 spiro atoms. The Kier molecular flexibility index (Phi) is 5.21. The highest BCUT2D eigenvalue weighted by molar-refractivity contribution is 7.98. The topological polar surface area (TPSA) is 50.9 Å². The Morgan fingerprint density at radius 3 is 2.04 bits per heavy atom. The van der Waals surface area contributed by atoms with Gasteiger partial charge >= 0.3 is 0 Å². The molecule has 4 rings (SSSR count). The number of hydrogen-bond acceptors (Lipinski definition) is 4. The van der Waals surface area contributed by atoms with E-state index in [1.54, 1.807) is 23.9 Å². The number of thioether (sulfide) groups is 1. The van der Waals surface area contributed by atoms with Crippen molar-refractivity contribution in [1.29, 1.82) is 0 Å². The zero-order valence-corrected chi connectivity index (χ0v) is 15.5. The van der Waals surface area contributed by atoms with E-state index in [1.807, 2.05) is 48.5 Å². The summed E-state index contributed by atoms with van der Waals surface area (Å²) in [7, 11) is 0. The lowest BCUT2D eigenvalue weighted by Crippen LogP contribution is -2.04. The predicted octanol–water partition coefficient (Wildman–Crippen LogP) is 4.99. The molecule has 0 aliphatic rings. The van der Waals surface area contributed by atoms with Crippen LogP contribution in [0.5, 0.6) is 5.75 Å². The normalized spacial score (nSPS) is 10.8. The molecular formula is C22H19N3OS. The molecule has 27 heavy (non-hydrogen) atoms. The second kappa shape index (κ2) is 8.10. The number of hydrogen-bond donors (Lipinski definition) is 1. The molecule has 0 unspecified atom stereocenters.